The zero-order chi connectivity index (χ0) is 13.9. The Balaban J connectivity index is 1.89. The number of hydrogen-bond acceptors (Lipinski definition) is 5. The number of aromatic nitrogens is 4. The number of nitrogens with zero attached hydrogens (tertiary/aromatic N) is 4. The van der Waals surface area contributed by atoms with Crippen molar-refractivity contribution in [1.82, 2.24) is 19.7 Å². The Kier molecular flexibility index (Phi) is 3.42. The standard InChI is InChI=1S/C13H13N5OS/c1-2-3-12(19)17-13-16-10-5-4-9(6-11(10)20-13)18-7-14-15-8-18/h4-8H,2-3H2,1H3,(H,16,17,19). The van der Waals surface area contributed by atoms with E-state index in [1.165, 1.54) is 11.3 Å². The van der Waals surface area contributed by atoms with Gasteiger partial charge in [0.1, 0.15) is 12.7 Å². The first-order valence-corrected chi connectivity index (χ1v) is 7.13. The van der Waals surface area contributed by atoms with E-state index < -0.39 is 0 Å². The van der Waals surface area contributed by atoms with Crippen molar-refractivity contribution < 1.29 is 4.79 Å². The molecule has 0 unspecified atom stereocenters. The summed E-state index contributed by atoms with van der Waals surface area (Å²) in [7, 11) is 0. The summed E-state index contributed by atoms with van der Waals surface area (Å²) in [6.07, 6.45) is 4.63. The van der Waals surface area contributed by atoms with Crippen molar-refractivity contribution in [3.8, 4) is 5.69 Å². The van der Waals surface area contributed by atoms with Crippen molar-refractivity contribution >= 4 is 32.6 Å². The lowest BCUT2D eigenvalue weighted by Crippen LogP contribution is -2.09. The van der Waals surface area contributed by atoms with E-state index in [2.05, 4.69) is 20.5 Å². The first-order valence-electron chi connectivity index (χ1n) is 6.31. The van der Waals surface area contributed by atoms with Gasteiger partial charge < -0.3 is 5.32 Å². The third kappa shape index (κ3) is 2.53. The molecule has 0 fully saturated rings. The maximum absolute atomic E-state index is 11.6. The molecule has 102 valence electrons. The molecule has 0 aliphatic rings. The normalized spacial score (nSPS) is 10.8. The Morgan fingerprint density at radius 3 is 2.90 bits per heavy atom. The lowest BCUT2D eigenvalue weighted by Gasteiger charge is -1.99. The minimum atomic E-state index is 0.00518. The van der Waals surface area contributed by atoms with Crippen LogP contribution < -0.4 is 5.32 Å². The molecule has 0 aliphatic heterocycles. The third-order valence-corrected chi connectivity index (χ3v) is 3.75. The predicted octanol–water partition coefficient (Wildman–Crippen LogP) is 2.62. The van der Waals surface area contributed by atoms with Crippen LogP contribution in [-0.4, -0.2) is 25.7 Å². The Morgan fingerprint density at radius 1 is 1.35 bits per heavy atom. The molecule has 2 heterocycles. The van der Waals surface area contributed by atoms with Crippen molar-refractivity contribution in [2.24, 2.45) is 0 Å². The second-order valence-corrected chi connectivity index (χ2v) is 5.37. The third-order valence-electron chi connectivity index (χ3n) is 2.81. The molecular weight excluding hydrogens is 274 g/mol. The van der Waals surface area contributed by atoms with Crippen molar-refractivity contribution in [3.63, 3.8) is 0 Å². The topological polar surface area (TPSA) is 72.7 Å². The molecule has 1 aromatic carbocycles. The summed E-state index contributed by atoms with van der Waals surface area (Å²) in [5.41, 5.74) is 1.84. The van der Waals surface area contributed by atoms with Crippen LogP contribution in [0.2, 0.25) is 0 Å². The fourth-order valence-electron chi connectivity index (χ4n) is 1.87. The van der Waals surface area contributed by atoms with Gasteiger partial charge in [0, 0.05) is 12.1 Å². The molecule has 7 heteroatoms. The van der Waals surface area contributed by atoms with Crippen LogP contribution >= 0.6 is 11.3 Å². The van der Waals surface area contributed by atoms with Gasteiger partial charge in [-0.2, -0.15) is 0 Å². The van der Waals surface area contributed by atoms with Crippen molar-refractivity contribution in [1.29, 1.82) is 0 Å². The second kappa shape index (κ2) is 5.38. The Labute approximate surface area is 119 Å². The van der Waals surface area contributed by atoms with Crippen molar-refractivity contribution in [2.75, 3.05) is 5.32 Å². The van der Waals surface area contributed by atoms with E-state index in [9.17, 15) is 4.79 Å². The Bertz CT molecular complexity index is 734. The van der Waals surface area contributed by atoms with Crippen LogP contribution in [0, 0.1) is 0 Å². The van der Waals surface area contributed by atoms with Gasteiger partial charge in [-0.15, -0.1) is 10.2 Å². The summed E-state index contributed by atoms with van der Waals surface area (Å²) < 4.78 is 2.84. The average Bonchev–Trinajstić information content (AvgIpc) is 3.06. The molecule has 0 spiro atoms. The number of hydrogen-bond donors (Lipinski definition) is 1. The monoisotopic (exact) mass is 287 g/mol. The van der Waals surface area contributed by atoms with Crippen molar-refractivity contribution in [3.05, 3.63) is 30.9 Å². The highest BCUT2D eigenvalue weighted by Crippen LogP contribution is 2.27. The molecule has 3 rings (SSSR count). The van der Waals surface area contributed by atoms with E-state index in [0.717, 1.165) is 22.3 Å². The molecule has 2 aromatic heterocycles. The Hall–Kier alpha value is -2.28. The van der Waals surface area contributed by atoms with Crippen LogP contribution in [0.15, 0.2) is 30.9 Å². The summed E-state index contributed by atoms with van der Waals surface area (Å²) in [6.45, 7) is 1.98. The van der Waals surface area contributed by atoms with Gasteiger partial charge in [0.2, 0.25) is 5.91 Å². The molecule has 0 radical (unpaired) electrons. The van der Waals surface area contributed by atoms with E-state index >= 15 is 0 Å². The molecule has 6 nitrogen and oxygen atoms in total. The first-order chi connectivity index (χ1) is 9.76. The molecule has 0 aliphatic carbocycles. The maximum Gasteiger partial charge on any atom is 0.226 e. The van der Waals surface area contributed by atoms with E-state index in [1.807, 2.05) is 29.7 Å². The molecular formula is C13H13N5OS. The lowest BCUT2D eigenvalue weighted by atomic mass is 10.3. The van der Waals surface area contributed by atoms with Gasteiger partial charge in [-0.3, -0.25) is 9.36 Å². The highest BCUT2D eigenvalue weighted by molar-refractivity contribution is 7.22. The Morgan fingerprint density at radius 2 is 2.15 bits per heavy atom. The van der Waals surface area contributed by atoms with Gasteiger partial charge in [0.05, 0.1) is 10.2 Å². The number of fused-ring (bicyclic) bond motifs is 1. The second-order valence-electron chi connectivity index (χ2n) is 4.34. The first kappa shape index (κ1) is 12.7. The number of amides is 1. The van der Waals surface area contributed by atoms with Crippen LogP contribution in [0.1, 0.15) is 19.8 Å². The largest absolute Gasteiger partial charge is 0.302 e. The predicted molar refractivity (Wildman–Crippen MR) is 78.1 cm³/mol. The fraction of sp³-hybridized carbons (Fsp3) is 0.231. The molecule has 3 aromatic rings. The van der Waals surface area contributed by atoms with Gasteiger partial charge in [0.15, 0.2) is 5.13 Å². The summed E-state index contributed by atoms with van der Waals surface area (Å²) in [5, 5.41) is 11.0. The minimum Gasteiger partial charge on any atom is -0.302 e. The van der Waals surface area contributed by atoms with Crippen LogP contribution in [0.5, 0.6) is 0 Å². The van der Waals surface area contributed by atoms with Crippen LogP contribution in [0.3, 0.4) is 0 Å². The molecule has 1 amide bonds. The van der Waals surface area contributed by atoms with E-state index in [1.54, 1.807) is 12.7 Å². The molecule has 0 atom stereocenters. The fourth-order valence-corrected chi connectivity index (χ4v) is 2.79. The van der Waals surface area contributed by atoms with Gasteiger partial charge >= 0.3 is 0 Å². The molecule has 0 saturated heterocycles. The van der Waals surface area contributed by atoms with Gasteiger partial charge in [0.25, 0.3) is 0 Å². The number of rotatable bonds is 4. The van der Waals surface area contributed by atoms with Crippen LogP contribution in [0.25, 0.3) is 15.9 Å². The molecule has 0 saturated carbocycles. The zero-order valence-corrected chi connectivity index (χ0v) is 11.7. The summed E-state index contributed by atoms with van der Waals surface area (Å²) in [5.74, 6) is 0.00518. The van der Waals surface area contributed by atoms with Crippen LogP contribution in [-0.2, 0) is 4.79 Å². The number of benzene rings is 1. The number of nitrogens with one attached hydrogen (secondary N) is 1. The van der Waals surface area contributed by atoms with E-state index in [4.69, 9.17) is 0 Å². The van der Waals surface area contributed by atoms with E-state index in [-0.39, 0.29) is 5.91 Å². The average molecular weight is 287 g/mol. The quantitative estimate of drug-likeness (QED) is 0.800. The number of carbonyl (C=O) groups is 1. The lowest BCUT2D eigenvalue weighted by molar-refractivity contribution is -0.116. The van der Waals surface area contributed by atoms with E-state index in [0.29, 0.717) is 11.6 Å². The molecule has 20 heavy (non-hydrogen) atoms. The minimum absolute atomic E-state index is 0.00518. The number of anilines is 1. The SMILES string of the molecule is CCCC(=O)Nc1nc2ccc(-n3cnnc3)cc2s1. The number of thiazole rings is 1. The van der Waals surface area contributed by atoms with Crippen molar-refractivity contribution in [2.45, 2.75) is 19.8 Å². The molecule has 0 bridgehead atoms. The summed E-state index contributed by atoms with van der Waals surface area (Å²) >= 11 is 1.47. The van der Waals surface area contributed by atoms with Gasteiger partial charge in [-0.1, -0.05) is 18.3 Å². The van der Waals surface area contributed by atoms with Gasteiger partial charge in [-0.25, -0.2) is 4.98 Å². The summed E-state index contributed by atoms with van der Waals surface area (Å²) in [6, 6.07) is 5.88. The maximum atomic E-state index is 11.6. The van der Waals surface area contributed by atoms with Gasteiger partial charge in [-0.05, 0) is 24.6 Å². The smallest absolute Gasteiger partial charge is 0.226 e. The molecule has 1 N–H and O–H groups in total. The highest BCUT2D eigenvalue weighted by atomic mass is 32.1. The zero-order valence-electron chi connectivity index (χ0n) is 10.9. The summed E-state index contributed by atoms with van der Waals surface area (Å²) in [4.78, 5) is 16.0. The highest BCUT2D eigenvalue weighted by Gasteiger charge is 2.08. The number of carbonyl (C=O) groups excluding carboxylic acids is 1. The van der Waals surface area contributed by atoms with Crippen LogP contribution in [0.4, 0.5) is 5.13 Å².